The van der Waals surface area contributed by atoms with E-state index >= 15 is 0 Å². The van der Waals surface area contributed by atoms with Crippen LogP contribution in [0.1, 0.15) is 27.7 Å². The SMILES string of the molecule is CCOC(=O)N(NC(=O)Oc1ccc(O)cc1)C(C)(C)C. The number of carbonyl (C=O) groups excluding carboxylic acids is 2. The van der Waals surface area contributed by atoms with E-state index in [0.717, 1.165) is 5.01 Å². The number of phenolic OH excluding ortho intramolecular Hbond substituents is 1. The van der Waals surface area contributed by atoms with E-state index in [1.54, 1.807) is 27.7 Å². The fourth-order valence-corrected chi connectivity index (χ4v) is 1.41. The van der Waals surface area contributed by atoms with E-state index < -0.39 is 17.7 Å². The molecule has 0 fully saturated rings. The number of hydrogen-bond acceptors (Lipinski definition) is 5. The van der Waals surface area contributed by atoms with Crippen molar-refractivity contribution in [3.8, 4) is 11.5 Å². The highest BCUT2D eigenvalue weighted by molar-refractivity contribution is 5.76. The van der Waals surface area contributed by atoms with E-state index in [9.17, 15) is 9.59 Å². The smallest absolute Gasteiger partial charge is 0.431 e. The number of amides is 2. The largest absolute Gasteiger partial charge is 0.508 e. The van der Waals surface area contributed by atoms with Crippen LogP contribution in [0.3, 0.4) is 0 Å². The minimum Gasteiger partial charge on any atom is -0.508 e. The van der Waals surface area contributed by atoms with Gasteiger partial charge in [0.05, 0.1) is 12.1 Å². The van der Waals surface area contributed by atoms with Gasteiger partial charge in [-0.25, -0.2) is 20.0 Å². The van der Waals surface area contributed by atoms with Crippen LogP contribution in [0.25, 0.3) is 0 Å². The molecule has 0 aliphatic carbocycles. The minimum atomic E-state index is -0.830. The first-order chi connectivity index (χ1) is 9.74. The molecule has 0 saturated heterocycles. The number of phenols is 1. The molecule has 0 aliphatic heterocycles. The Morgan fingerprint density at radius 2 is 1.81 bits per heavy atom. The summed E-state index contributed by atoms with van der Waals surface area (Å²) in [5.74, 6) is 0.300. The van der Waals surface area contributed by atoms with Gasteiger partial charge in [0.25, 0.3) is 0 Å². The molecule has 0 unspecified atom stereocenters. The molecule has 0 aliphatic rings. The van der Waals surface area contributed by atoms with Crippen molar-refractivity contribution in [2.75, 3.05) is 6.61 Å². The summed E-state index contributed by atoms with van der Waals surface area (Å²) < 4.78 is 9.89. The van der Waals surface area contributed by atoms with Gasteiger partial charge in [-0.3, -0.25) is 0 Å². The number of aromatic hydroxyl groups is 1. The van der Waals surface area contributed by atoms with E-state index in [1.165, 1.54) is 24.3 Å². The van der Waals surface area contributed by atoms with Gasteiger partial charge in [0.1, 0.15) is 11.5 Å². The van der Waals surface area contributed by atoms with Crippen molar-refractivity contribution in [3.63, 3.8) is 0 Å². The lowest BCUT2D eigenvalue weighted by atomic mass is 10.1. The van der Waals surface area contributed by atoms with Crippen molar-refractivity contribution >= 4 is 12.2 Å². The molecule has 0 saturated carbocycles. The summed E-state index contributed by atoms with van der Waals surface area (Å²) in [6, 6.07) is 5.63. The van der Waals surface area contributed by atoms with Crippen LogP contribution >= 0.6 is 0 Å². The molecule has 0 atom stereocenters. The summed E-state index contributed by atoms with van der Waals surface area (Å²) in [7, 11) is 0. The Kier molecular flexibility index (Phi) is 5.40. The molecule has 0 heterocycles. The van der Waals surface area contributed by atoms with Crippen molar-refractivity contribution < 1.29 is 24.2 Å². The molecular weight excluding hydrogens is 276 g/mol. The van der Waals surface area contributed by atoms with Crippen LogP contribution in [0.5, 0.6) is 11.5 Å². The van der Waals surface area contributed by atoms with Crippen molar-refractivity contribution in [2.45, 2.75) is 33.2 Å². The number of nitrogens with zero attached hydrogens (tertiary/aromatic N) is 1. The third-order valence-electron chi connectivity index (χ3n) is 2.37. The molecule has 2 N–H and O–H groups in total. The van der Waals surface area contributed by atoms with Gasteiger partial charge >= 0.3 is 12.2 Å². The van der Waals surface area contributed by atoms with E-state index in [4.69, 9.17) is 14.6 Å². The predicted octanol–water partition coefficient (Wildman–Crippen LogP) is 2.65. The Morgan fingerprint density at radius 3 is 2.29 bits per heavy atom. The molecule has 0 aromatic heterocycles. The summed E-state index contributed by atoms with van der Waals surface area (Å²) >= 11 is 0. The molecule has 1 aromatic carbocycles. The van der Waals surface area contributed by atoms with Crippen LogP contribution in [0, 0.1) is 0 Å². The number of benzene rings is 1. The number of hydrazine groups is 1. The Bertz CT molecular complexity index is 493. The molecule has 1 rings (SSSR count). The first-order valence-electron chi connectivity index (χ1n) is 6.48. The van der Waals surface area contributed by atoms with E-state index in [-0.39, 0.29) is 18.1 Å². The van der Waals surface area contributed by atoms with E-state index in [2.05, 4.69) is 5.43 Å². The van der Waals surface area contributed by atoms with Crippen LogP contribution in [0.2, 0.25) is 0 Å². The molecule has 0 bridgehead atoms. The number of rotatable bonds is 2. The second-order valence-corrected chi connectivity index (χ2v) is 5.20. The summed E-state index contributed by atoms with van der Waals surface area (Å²) in [4.78, 5) is 23.6. The lowest BCUT2D eigenvalue weighted by molar-refractivity contribution is 0.0427. The zero-order valence-corrected chi connectivity index (χ0v) is 12.5. The van der Waals surface area contributed by atoms with Crippen molar-refractivity contribution in [3.05, 3.63) is 24.3 Å². The van der Waals surface area contributed by atoms with Crippen LogP contribution in [-0.2, 0) is 4.74 Å². The molecule has 7 heteroatoms. The fourth-order valence-electron chi connectivity index (χ4n) is 1.41. The number of hydrogen-bond donors (Lipinski definition) is 2. The first kappa shape index (κ1) is 16.6. The van der Waals surface area contributed by atoms with Crippen LogP contribution in [-0.4, -0.2) is 34.4 Å². The maximum atomic E-state index is 11.8. The molecule has 1 aromatic rings. The number of carbonyl (C=O) groups is 2. The van der Waals surface area contributed by atoms with Gasteiger partial charge in [-0.1, -0.05) is 0 Å². The Morgan fingerprint density at radius 1 is 1.24 bits per heavy atom. The lowest BCUT2D eigenvalue weighted by Gasteiger charge is -2.33. The monoisotopic (exact) mass is 296 g/mol. The van der Waals surface area contributed by atoms with Gasteiger partial charge in [0.15, 0.2) is 0 Å². The van der Waals surface area contributed by atoms with Gasteiger partial charge < -0.3 is 14.6 Å². The first-order valence-corrected chi connectivity index (χ1v) is 6.48. The zero-order chi connectivity index (χ0) is 16.0. The Labute approximate surface area is 123 Å². The molecule has 21 heavy (non-hydrogen) atoms. The second kappa shape index (κ2) is 6.83. The van der Waals surface area contributed by atoms with Crippen LogP contribution in [0.15, 0.2) is 24.3 Å². The Hall–Kier alpha value is -2.44. The fraction of sp³-hybridized carbons (Fsp3) is 0.429. The summed E-state index contributed by atoms with van der Waals surface area (Å²) in [6.07, 6.45) is -1.50. The summed E-state index contributed by atoms with van der Waals surface area (Å²) in [5, 5.41) is 10.2. The highest BCUT2D eigenvalue weighted by Crippen LogP contribution is 2.17. The quantitative estimate of drug-likeness (QED) is 0.819. The maximum Gasteiger partial charge on any atom is 0.431 e. The van der Waals surface area contributed by atoms with Gasteiger partial charge in [-0.05, 0) is 52.0 Å². The van der Waals surface area contributed by atoms with Gasteiger partial charge in [0.2, 0.25) is 0 Å². The second-order valence-electron chi connectivity index (χ2n) is 5.20. The topological polar surface area (TPSA) is 88.1 Å². The lowest BCUT2D eigenvalue weighted by Crippen LogP contribution is -2.56. The summed E-state index contributed by atoms with van der Waals surface area (Å²) in [5.41, 5.74) is 1.66. The van der Waals surface area contributed by atoms with E-state index in [0.29, 0.717) is 0 Å². The van der Waals surface area contributed by atoms with E-state index in [1.807, 2.05) is 0 Å². The van der Waals surface area contributed by atoms with Crippen molar-refractivity contribution in [2.24, 2.45) is 0 Å². The highest BCUT2D eigenvalue weighted by Gasteiger charge is 2.30. The number of ether oxygens (including phenoxy) is 2. The molecule has 2 amide bonds. The normalized spacial score (nSPS) is 10.7. The zero-order valence-electron chi connectivity index (χ0n) is 12.5. The minimum absolute atomic E-state index is 0.0607. The average molecular weight is 296 g/mol. The molecule has 0 spiro atoms. The van der Waals surface area contributed by atoms with Crippen molar-refractivity contribution in [1.82, 2.24) is 10.4 Å². The van der Waals surface area contributed by atoms with Gasteiger partial charge in [-0.2, -0.15) is 0 Å². The molecular formula is C14H20N2O5. The van der Waals surface area contributed by atoms with Gasteiger partial charge in [-0.15, -0.1) is 0 Å². The van der Waals surface area contributed by atoms with Crippen LogP contribution in [0.4, 0.5) is 9.59 Å². The molecule has 7 nitrogen and oxygen atoms in total. The highest BCUT2D eigenvalue weighted by atomic mass is 16.6. The predicted molar refractivity (Wildman–Crippen MR) is 75.9 cm³/mol. The average Bonchev–Trinajstić information content (AvgIpc) is 2.37. The van der Waals surface area contributed by atoms with Crippen LogP contribution < -0.4 is 10.2 Å². The summed E-state index contributed by atoms with van der Waals surface area (Å²) in [6.45, 7) is 7.09. The molecule has 116 valence electrons. The molecule has 0 radical (unpaired) electrons. The standard InChI is InChI=1S/C14H20N2O5/c1-5-20-13(19)16(14(2,3)4)15-12(18)21-11-8-6-10(17)7-9-11/h6-9,17H,5H2,1-4H3,(H,15,18). The van der Waals surface area contributed by atoms with Gasteiger partial charge in [0, 0.05) is 0 Å². The number of nitrogens with one attached hydrogen (secondary N) is 1. The third kappa shape index (κ3) is 5.21. The van der Waals surface area contributed by atoms with Crippen molar-refractivity contribution in [1.29, 1.82) is 0 Å². The maximum absolute atomic E-state index is 11.8. The Balaban J connectivity index is 2.72. The third-order valence-corrected chi connectivity index (χ3v) is 2.37.